The summed E-state index contributed by atoms with van der Waals surface area (Å²) in [6, 6.07) is 0. The van der Waals surface area contributed by atoms with E-state index in [0.717, 1.165) is 0 Å². The number of hydrogen-bond donors (Lipinski definition) is 1. The number of ether oxygens (including phenoxy) is 2. The van der Waals surface area contributed by atoms with Crippen LogP contribution in [0.5, 0.6) is 0 Å². The van der Waals surface area contributed by atoms with Gasteiger partial charge in [-0.15, -0.1) is 11.6 Å². The van der Waals surface area contributed by atoms with Gasteiger partial charge in [0.15, 0.2) is 6.29 Å². The zero-order valence-electron chi connectivity index (χ0n) is 7.46. The predicted octanol–water partition coefficient (Wildman–Crippen LogP) is 0.349. The summed E-state index contributed by atoms with van der Waals surface area (Å²) in [6.45, 7) is 1.91. The molecule has 0 fully saturated rings. The maximum atomic E-state index is 10.9. The molecular weight excluding hydrogens is 182 g/mol. The zero-order chi connectivity index (χ0) is 9.56. The zero-order valence-corrected chi connectivity index (χ0v) is 8.22. The second-order valence-corrected chi connectivity index (χ2v) is 2.92. The van der Waals surface area contributed by atoms with E-state index in [-0.39, 0.29) is 5.91 Å². The lowest BCUT2D eigenvalue weighted by atomic mass is 10.4. The van der Waals surface area contributed by atoms with Crippen molar-refractivity contribution in [2.75, 3.05) is 20.8 Å². The van der Waals surface area contributed by atoms with Gasteiger partial charge in [-0.3, -0.25) is 4.79 Å². The largest absolute Gasteiger partial charge is 0.354 e. The van der Waals surface area contributed by atoms with E-state index >= 15 is 0 Å². The minimum absolute atomic E-state index is 0.226. The number of carbonyl (C=O) groups is 1. The SMILES string of the molecule is COC(CNC(=O)C(C)Cl)OC. The van der Waals surface area contributed by atoms with Gasteiger partial charge in [0.05, 0.1) is 6.54 Å². The average molecular weight is 196 g/mol. The van der Waals surface area contributed by atoms with E-state index < -0.39 is 11.7 Å². The molecule has 72 valence electrons. The summed E-state index contributed by atoms with van der Waals surface area (Å²) in [6.07, 6.45) is -0.413. The van der Waals surface area contributed by atoms with E-state index in [4.69, 9.17) is 21.1 Å². The fourth-order valence-electron chi connectivity index (χ4n) is 0.587. The van der Waals surface area contributed by atoms with Crippen LogP contribution in [0.25, 0.3) is 0 Å². The van der Waals surface area contributed by atoms with E-state index in [1.54, 1.807) is 6.92 Å². The lowest BCUT2D eigenvalue weighted by Crippen LogP contribution is -2.37. The highest BCUT2D eigenvalue weighted by molar-refractivity contribution is 6.30. The van der Waals surface area contributed by atoms with Crippen LogP contribution in [-0.2, 0) is 14.3 Å². The van der Waals surface area contributed by atoms with Crippen molar-refractivity contribution in [3.8, 4) is 0 Å². The second-order valence-electron chi connectivity index (χ2n) is 2.26. The van der Waals surface area contributed by atoms with E-state index in [2.05, 4.69) is 5.32 Å². The van der Waals surface area contributed by atoms with Gasteiger partial charge in [0, 0.05) is 14.2 Å². The normalized spacial score (nSPS) is 13.1. The summed E-state index contributed by atoms with van der Waals surface area (Å²) in [5.74, 6) is -0.226. The molecule has 5 heteroatoms. The van der Waals surface area contributed by atoms with Crippen molar-refractivity contribution in [3.63, 3.8) is 0 Å². The summed E-state index contributed by atoms with van der Waals surface area (Å²) < 4.78 is 9.70. The molecule has 0 bridgehead atoms. The molecule has 0 saturated carbocycles. The van der Waals surface area contributed by atoms with Crippen LogP contribution in [-0.4, -0.2) is 38.3 Å². The molecule has 0 aliphatic rings. The Bertz CT molecular complexity index is 137. The van der Waals surface area contributed by atoms with Crippen LogP contribution in [0, 0.1) is 0 Å². The Morgan fingerprint density at radius 2 is 2.00 bits per heavy atom. The van der Waals surface area contributed by atoms with Crippen LogP contribution in [0.4, 0.5) is 0 Å². The first-order chi connectivity index (χ1) is 5.61. The summed E-state index contributed by atoms with van der Waals surface area (Å²) in [7, 11) is 3.01. The van der Waals surface area contributed by atoms with Crippen LogP contribution >= 0.6 is 11.6 Å². The minimum Gasteiger partial charge on any atom is -0.354 e. The van der Waals surface area contributed by atoms with Crippen LogP contribution in [0.3, 0.4) is 0 Å². The number of rotatable bonds is 5. The Morgan fingerprint density at radius 1 is 1.50 bits per heavy atom. The highest BCUT2D eigenvalue weighted by Crippen LogP contribution is 1.93. The standard InChI is InChI=1S/C7H14ClNO3/c1-5(8)7(10)9-4-6(11-2)12-3/h5-6H,4H2,1-3H3,(H,9,10). The molecule has 4 nitrogen and oxygen atoms in total. The molecule has 0 saturated heterocycles. The molecule has 1 unspecified atom stereocenters. The smallest absolute Gasteiger partial charge is 0.237 e. The fourth-order valence-corrected chi connectivity index (χ4v) is 0.665. The average Bonchev–Trinajstić information content (AvgIpc) is 2.05. The number of carbonyl (C=O) groups excluding carboxylic acids is 1. The fraction of sp³-hybridized carbons (Fsp3) is 0.857. The Hall–Kier alpha value is -0.320. The van der Waals surface area contributed by atoms with Crippen LogP contribution in [0.2, 0.25) is 0 Å². The molecule has 0 aliphatic heterocycles. The number of nitrogens with one attached hydrogen (secondary N) is 1. The van der Waals surface area contributed by atoms with Gasteiger partial charge >= 0.3 is 0 Å². The molecule has 0 aromatic heterocycles. The van der Waals surface area contributed by atoms with Gasteiger partial charge in [-0.25, -0.2) is 0 Å². The van der Waals surface area contributed by atoms with Crippen molar-refractivity contribution >= 4 is 17.5 Å². The van der Waals surface area contributed by atoms with Crippen molar-refractivity contribution in [2.45, 2.75) is 18.6 Å². The van der Waals surface area contributed by atoms with Gasteiger partial charge in [0.25, 0.3) is 0 Å². The lowest BCUT2D eigenvalue weighted by molar-refractivity contribution is -0.126. The van der Waals surface area contributed by atoms with E-state index in [9.17, 15) is 4.79 Å². The summed E-state index contributed by atoms with van der Waals surface area (Å²) >= 11 is 5.50. The predicted molar refractivity (Wildman–Crippen MR) is 46.1 cm³/mol. The second kappa shape index (κ2) is 6.22. The summed E-state index contributed by atoms with van der Waals surface area (Å²) in [5.41, 5.74) is 0. The van der Waals surface area contributed by atoms with Gasteiger partial charge in [-0.2, -0.15) is 0 Å². The molecule has 0 heterocycles. The number of alkyl halides is 1. The van der Waals surface area contributed by atoms with E-state index in [0.29, 0.717) is 6.54 Å². The number of hydrogen-bond acceptors (Lipinski definition) is 3. The van der Waals surface area contributed by atoms with Gasteiger partial charge < -0.3 is 14.8 Å². The molecule has 0 rings (SSSR count). The van der Waals surface area contributed by atoms with Crippen molar-refractivity contribution in [1.29, 1.82) is 0 Å². The summed E-state index contributed by atoms with van der Waals surface area (Å²) in [5, 5.41) is 2.03. The lowest BCUT2D eigenvalue weighted by Gasteiger charge is -2.14. The van der Waals surface area contributed by atoms with Gasteiger partial charge in [-0.1, -0.05) is 0 Å². The first kappa shape index (κ1) is 11.7. The quantitative estimate of drug-likeness (QED) is 0.509. The molecule has 0 aliphatic carbocycles. The Kier molecular flexibility index (Phi) is 6.06. The molecule has 1 atom stereocenters. The number of halogens is 1. The first-order valence-electron chi connectivity index (χ1n) is 3.59. The van der Waals surface area contributed by atoms with Crippen LogP contribution in [0.1, 0.15) is 6.92 Å². The molecule has 0 radical (unpaired) electrons. The topological polar surface area (TPSA) is 47.6 Å². The Labute approximate surface area is 77.2 Å². The highest BCUT2D eigenvalue weighted by Gasteiger charge is 2.11. The third-order valence-electron chi connectivity index (χ3n) is 1.33. The first-order valence-corrected chi connectivity index (χ1v) is 4.02. The highest BCUT2D eigenvalue weighted by atomic mass is 35.5. The van der Waals surface area contributed by atoms with Gasteiger partial charge in [0.2, 0.25) is 5.91 Å². The molecule has 0 spiro atoms. The number of methoxy groups -OCH3 is 2. The Morgan fingerprint density at radius 3 is 2.33 bits per heavy atom. The third-order valence-corrected chi connectivity index (χ3v) is 1.53. The van der Waals surface area contributed by atoms with Gasteiger partial charge in [0.1, 0.15) is 5.38 Å². The van der Waals surface area contributed by atoms with Crippen molar-refractivity contribution in [3.05, 3.63) is 0 Å². The van der Waals surface area contributed by atoms with Crippen LogP contribution < -0.4 is 5.32 Å². The van der Waals surface area contributed by atoms with E-state index in [1.165, 1.54) is 14.2 Å². The third kappa shape index (κ3) is 4.54. The Balaban J connectivity index is 3.59. The van der Waals surface area contributed by atoms with Crippen molar-refractivity contribution in [1.82, 2.24) is 5.32 Å². The maximum Gasteiger partial charge on any atom is 0.237 e. The molecular formula is C7H14ClNO3. The molecule has 1 N–H and O–H groups in total. The molecule has 0 aromatic carbocycles. The van der Waals surface area contributed by atoms with Crippen molar-refractivity contribution in [2.24, 2.45) is 0 Å². The molecule has 0 aromatic rings. The van der Waals surface area contributed by atoms with Crippen molar-refractivity contribution < 1.29 is 14.3 Å². The van der Waals surface area contributed by atoms with E-state index in [1.807, 2.05) is 0 Å². The van der Waals surface area contributed by atoms with Gasteiger partial charge in [-0.05, 0) is 6.92 Å². The monoisotopic (exact) mass is 195 g/mol. The number of amides is 1. The molecule has 12 heavy (non-hydrogen) atoms. The minimum atomic E-state index is -0.528. The summed E-state index contributed by atoms with van der Waals surface area (Å²) in [4.78, 5) is 10.9. The maximum absolute atomic E-state index is 10.9. The molecule has 1 amide bonds. The van der Waals surface area contributed by atoms with Crippen LogP contribution in [0.15, 0.2) is 0 Å².